The highest BCUT2D eigenvalue weighted by Crippen LogP contribution is 2.27. The lowest BCUT2D eigenvalue weighted by atomic mass is 9.95. The Hall–Kier alpha value is -2.28. The highest BCUT2D eigenvalue weighted by Gasteiger charge is 2.29. The number of piperidine rings is 1. The molecule has 0 unspecified atom stereocenters. The fraction of sp³-hybridized carbons (Fsp3) is 0.412. The predicted octanol–water partition coefficient (Wildman–Crippen LogP) is 2.15. The number of rotatable bonds is 3. The first-order valence-electron chi connectivity index (χ1n) is 7.92. The first-order chi connectivity index (χ1) is 11.6. The van der Waals surface area contributed by atoms with Gasteiger partial charge >= 0.3 is 0 Å². The summed E-state index contributed by atoms with van der Waals surface area (Å²) in [5, 5.41) is 0. The van der Waals surface area contributed by atoms with Crippen LogP contribution in [0.4, 0.5) is 0 Å². The number of nitrogens with zero attached hydrogens (tertiary/aromatic N) is 4. The van der Waals surface area contributed by atoms with Gasteiger partial charge in [0, 0.05) is 45.5 Å². The number of hydrogen-bond donors (Lipinski definition) is 0. The van der Waals surface area contributed by atoms with Crippen LogP contribution in [0.5, 0.6) is 0 Å². The van der Waals surface area contributed by atoms with Crippen molar-refractivity contribution in [3.63, 3.8) is 0 Å². The zero-order chi connectivity index (χ0) is 17.1. The van der Waals surface area contributed by atoms with Crippen molar-refractivity contribution in [3.05, 3.63) is 35.6 Å². The number of aromatic nitrogens is 2. The van der Waals surface area contributed by atoms with Gasteiger partial charge in [-0.1, -0.05) is 0 Å². The van der Waals surface area contributed by atoms with E-state index in [1.165, 1.54) is 11.3 Å². The molecule has 0 bridgehead atoms. The smallest absolute Gasteiger partial charge is 0.256 e. The third kappa shape index (κ3) is 3.31. The van der Waals surface area contributed by atoms with Crippen LogP contribution in [0.25, 0.3) is 10.6 Å². The van der Waals surface area contributed by atoms with Crippen LogP contribution in [0.3, 0.4) is 0 Å². The van der Waals surface area contributed by atoms with Crippen molar-refractivity contribution in [3.8, 4) is 10.6 Å². The van der Waals surface area contributed by atoms with Crippen LogP contribution in [0.1, 0.15) is 23.2 Å². The van der Waals surface area contributed by atoms with Gasteiger partial charge in [-0.05, 0) is 25.0 Å². The van der Waals surface area contributed by atoms with E-state index in [0.717, 1.165) is 4.88 Å². The zero-order valence-corrected chi connectivity index (χ0v) is 14.6. The van der Waals surface area contributed by atoms with Crippen LogP contribution >= 0.6 is 11.3 Å². The van der Waals surface area contributed by atoms with Crippen LogP contribution in [0.2, 0.25) is 0 Å². The normalized spacial score (nSPS) is 15.3. The summed E-state index contributed by atoms with van der Waals surface area (Å²) in [6, 6.07) is 3.58. The molecule has 3 heterocycles. The summed E-state index contributed by atoms with van der Waals surface area (Å²) in [6.07, 6.45) is 4.83. The lowest BCUT2D eigenvalue weighted by molar-refractivity contribution is -0.134. The lowest BCUT2D eigenvalue weighted by Gasteiger charge is -2.32. The Morgan fingerprint density at radius 2 is 2.04 bits per heavy atom. The molecule has 0 spiro atoms. The van der Waals surface area contributed by atoms with Crippen molar-refractivity contribution < 1.29 is 9.59 Å². The van der Waals surface area contributed by atoms with E-state index in [0.29, 0.717) is 37.2 Å². The van der Waals surface area contributed by atoms with Gasteiger partial charge < -0.3 is 9.80 Å². The highest BCUT2D eigenvalue weighted by molar-refractivity contribution is 7.13. The Bertz CT molecular complexity index is 722. The van der Waals surface area contributed by atoms with Gasteiger partial charge in [-0.15, -0.1) is 11.3 Å². The number of pyridine rings is 1. The maximum Gasteiger partial charge on any atom is 0.256 e. The number of carbonyl (C=O) groups excluding carboxylic acids is 2. The molecule has 1 aliphatic rings. The number of carbonyl (C=O) groups is 2. The molecule has 7 heteroatoms. The quantitative estimate of drug-likeness (QED) is 0.856. The minimum Gasteiger partial charge on any atom is -0.349 e. The van der Waals surface area contributed by atoms with E-state index < -0.39 is 0 Å². The second-order valence-corrected chi connectivity index (χ2v) is 6.95. The zero-order valence-electron chi connectivity index (χ0n) is 13.8. The molecule has 0 atom stereocenters. The van der Waals surface area contributed by atoms with Crippen molar-refractivity contribution in [1.82, 2.24) is 19.8 Å². The summed E-state index contributed by atoms with van der Waals surface area (Å²) in [4.78, 5) is 37.7. The van der Waals surface area contributed by atoms with E-state index in [-0.39, 0.29) is 17.7 Å². The van der Waals surface area contributed by atoms with Crippen LogP contribution in [0.15, 0.2) is 30.0 Å². The maximum absolute atomic E-state index is 12.9. The summed E-state index contributed by atoms with van der Waals surface area (Å²) in [5.41, 5.74) is 3.01. The molecule has 0 aliphatic carbocycles. The van der Waals surface area contributed by atoms with Crippen LogP contribution in [-0.2, 0) is 4.79 Å². The minimum atomic E-state index is -0.0257. The van der Waals surface area contributed by atoms with E-state index in [1.807, 2.05) is 4.90 Å². The largest absolute Gasteiger partial charge is 0.349 e. The van der Waals surface area contributed by atoms with Crippen molar-refractivity contribution >= 4 is 23.2 Å². The van der Waals surface area contributed by atoms with E-state index in [9.17, 15) is 9.59 Å². The molecule has 1 aliphatic heterocycles. The molecule has 126 valence electrons. The Kier molecular flexibility index (Phi) is 4.89. The molecular weight excluding hydrogens is 324 g/mol. The predicted molar refractivity (Wildman–Crippen MR) is 92.7 cm³/mol. The molecule has 6 nitrogen and oxygen atoms in total. The number of amides is 2. The molecule has 2 aromatic rings. The average molecular weight is 344 g/mol. The lowest BCUT2D eigenvalue weighted by Crippen LogP contribution is -2.42. The fourth-order valence-corrected chi connectivity index (χ4v) is 3.60. The molecule has 1 fully saturated rings. The number of thiazole rings is 1. The van der Waals surface area contributed by atoms with Gasteiger partial charge in [-0.25, -0.2) is 0 Å². The van der Waals surface area contributed by atoms with Gasteiger partial charge in [0.1, 0.15) is 0 Å². The molecule has 1 saturated heterocycles. The van der Waals surface area contributed by atoms with Gasteiger partial charge in [0.15, 0.2) is 0 Å². The van der Waals surface area contributed by atoms with Crippen LogP contribution < -0.4 is 0 Å². The molecule has 0 saturated carbocycles. The summed E-state index contributed by atoms with van der Waals surface area (Å²) in [5.74, 6) is 0.134. The molecule has 0 aromatic carbocycles. The van der Waals surface area contributed by atoms with Crippen molar-refractivity contribution in [1.29, 1.82) is 0 Å². The average Bonchev–Trinajstić information content (AvgIpc) is 3.15. The SMILES string of the molecule is CN(C)C(=O)C1CCN(C(=O)c2cccnc2-c2cncs2)CC1. The van der Waals surface area contributed by atoms with Crippen LogP contribution in [0, 0.1) is 5.92 Å². The third-order valence-electron chi connectivity index (χ3n) is 4.28. The van der Waals surface area contributed by atoms with Crippen molar-refractivity contribution in [2.24, 2.45) is 5.92 Å². The fourth-order valence-electron chi connectivity index (χ4n) is 2.97. The van der Waals surface area contributed by atoms with Gasteiger partial charge in [0.05, 0.1) is 21.6 Å². The van der Waals surface area contributed by atoms with E-state index in [4.69, 9.17) is 0 Å². The van der Waals surface area contributed by atoms with Crippen molar-refractivity contribution in [2.45, 2.75) is 12.8 Å². The summed E-state index contributed by atoms with van der Waals surface area (Å²) in [6.45, 7) is 1.19. The molecule has 2 amide bonds. The highest BCUT2D eigenvalue weighted by atomic mass is 32.1. The molecule has 0 radical (unpaired) electrons. The number of likely N-dealkylation sites (tertiary alicyclic amines) is 1. The summed E-state index contributed by atoms with van der Waals surface area (Å²) < 4.78 is 0. The first kappa shape index (κ1) is 16.6. The van der Waals surface area contributed by atoms with E-state index in [1.54, 1.807) is 49.0 Å². The van der Waals surface area contributed by atoms with Gasteiger partial charge in [0.25, 0.3) is 5.91 Å². The van der Waals surface area contributed by atoms with Gasteiger partial charge in [0.2, 0.25) is 5.91 Å². The summed E-state index contributed by atoms with van der Waals surface area (Å²) >= 11 is 1.47. The Morgan fingerprint density at radius 1 is 1.29 bits per heavy atom. The summed E-state index contributed by atoms with van der Waals surface area (Å²) in [7, 11) is 3.55. The third-order valence-corrected chi connectivity index (χ3v) is 5.06. The Labute approximate surface area is 145 Å². The standard InChI is InChI=1S/C17H20N4O2S/c1-20(2)16(22)12-5-8-21(9-6-12)17(23)13-4-3-7-19-15(13)14-10-18-11-24-14/h3-4,7,10-12H,5-6,8-9H2,1-2H3. The molecule has 24 heavy (non-hydrogen) atoms. The Morgan fingerprint density at radius 3 is 2.67 bits per heavy atom. The second kappa shape index (κ2) is 7.09. The minimum absolute atomic E-state index is 0.0129. The molecule has 3 rings (SSSR count). The first-order valence-corrected chi connectivity index (χ1v) is 8.80. The Balaban J connectivity index is 1.74. The topological polar surface area (TPSA) is 66.4 Å². The second-order valence-electron chi connectivity index (χ2n) is 6.06. The maximum atomic E-state index is 12.9. The van der Waals surface area contributed by atoms with E-state index in [2.05, 4.69) is 9.97 Å². The van der Waals surface area contributed by atoms with Crippen LogP contribution in [-0.4, -0.2) is 58.8 Å². The number of hydrogen-bond acceptors (Lipinski definition) is 5. The molecule has 2 aromatic heterocycles. The monoisotopic (exact) mass is 344 g/mol. The van der Waals surface area contributed by atoms with E-state index >= 15 is 0 Å². The van der Waals surface area contributed by atoms with Gasteiger partial charge in [-0.2, -0.15) is 0 Å². The molecule has 0 N–H and O–H groups in total. The van der Waals surface area contributed by atoms with Gasteiger partial charge in [-0.3, -0.25) is 19.6 Å². The van der Waals surface area contributed by atoms with Crippen molar-refractivity contribution in [2.75, 3.05) is 27.2 Å². The molecular formula is C17H20N4O2S.